The SMILES string of the molecule is CC1(c2nnc(-c3ccc(C(=O)O)cc3)o2)CCCCC1. The van der Waals surface area contributed by atoms with E-state index in [2.05, 4.69) is 17.1 Å². The Bertz CT molecular complexity index is 640. The van der Waals surface area contributed by atoms with Gasteiger partial charge in [-0.05, 0) is 37.1 Å². The van der Waals surface area contributed by atoms with Gasteiger partial charge in [0.2, 0.25) is 11.8 Å². The molecule has 1 aliphatic carbocycles. The molecule has 1 N–H and O–H groups in total. The zero-order chi connectivity index (χ0) is 14.9. The molecule has 0 amide bonds. The van der Waals surface area contributed by atoms with Crippen LogP contribution in [0.25, 0.3) is 11.5 Å². The highest BCUT2D eigenvalue weighted by Crippen LogP contribution is 2.38. The Balaban J connectivity index is 1.85. The van der Waals surface area contributed by atoms with Crippen LogP contribution >= 0.6 is 0 Å². The van der Waals surface area contributed by atoms with Crippen LogP contribution in [0.5, 0.6) is 0 Å². The summed E-state index contributed by atoms with van der Waals surface area (Å²) >= 11 is 0. The van der Waals surface area contributed by atoms with Crippen LogP contribution < -0.4 is 0 Å². The fraction of sp³-hybridized carbons (Fsp3) is 0.438. The molecule has 0 aliphatic heterocycles. The van der Waals surface area contributed by atoms with Crippen LogP contribution in [0.15, 0.2) is 28.7 Å². The molecular weight excluding hydrogens is 268 g/mol. The second-order valence-electron chi connectivity index (χ2n) is 5.92. The minimum atomic E-state index is -0.942. The van der Waals surface area contributed by atoms with Gasteiger partial charge in [0, 0.05) is 11.0 Å². The molecule has 5 nitrogen and oxygen atoms in total. The highest BCUT2D eigenvalue weighted by Gasteiger charge is 2.34. The van der Waals surface area contributed by atoms with Crippen LogP contribution in [0.3, 0.4) is 0 Å². The molecule has 1 saturated carbocycles. The number of aromatic nitrogens is 2. The minimum absolute atomic E-state index is 0.0233. The second kappa shape index (κ2) is 5.31. The summed E-state index contributed by atoms with van der Waals surface area (Å²) in [6, 6.07) is 6.49. The summed E-state index contributed by atoms with van der Waals surface area (Å²) in [6.45, 7) is 2.18. The van der Waals surface area contributed by atoms with Crippen molar-refractivity contribution in [1.29, 1.82) is 0 Å². The zero-order valence-corrected chi connectivity index (χ0v) is 12.0. The molecule has 0 bridgehead atoms. The molecule has 21 heavy (non-hydrogen) atoms. The van der Waals surface area contributed by atoms with Gasteiger partial charge in [0.25, 0.3) is 0 Å². The number of benzene rings is 1. The van der Waals surface area contributed by atoms with Crippen molar-refractivity contribution in [2.24, 2.45) is 0 Å². The summed E-state index contributed by atoms with van der Waals surface area (Å²) in [5.41, 5.74) is 0.973. The molecule has 3 rings (SSSR count). The van der Waals surface area contributed by atoms with E-state index in [9.17, 15) is 4.79 Å². The van der Waals surface area contributed by atoms with Gasteiger partial charge in [0.05, 0.1) is 5.56 Å². The van der Waals surface area contributed by atoms with Gasteiger partial charge in [-0.25, -0.2) is 4.79 Å². The van der Waals surface area contributed by atoms with Crippen molar-refractivity contribution in [3.63, 3.8) is 0 Å². The molecule has 110 valence electrons. The van der Waals surface area contributed by atoms with Crippen LogP contribution in [0.2, 0.25) is 0 Å². The third-order valence-electron chi connectivity index (χ3n) is 4.28. The average Bonchev–Trinajstić information content (AvgIpc) is 2.99. The molecule has 1 aromatic carbocycles. The van der Waals surface area contributed by atoms with Crippen molar-refractivity contribution in [3.05, 3.63) is 35.7 Å². The summed E-state index contributed by atoms with van der Waals surface area (Å²) < 4.78 is 5.84. The summed E-state index contributed by atoms with van der Waals surface area (Å²) in [7, 11) is 0. The van der Waals surface area contributed by atoms with Crippen LogP contribution in [0.1, 0.15) is 55.3 Å². The maximum absolute atomic E-state index is 10.9. The molecule has 1 aliphatic rings. The molecule has 0 unspecified atom stereocenters. The Hall–Kier alpha value is -2.17. The lowest BCUT2D eigenvalue weighted by Crippen LogP contribution is -2.25. The molecule has 1 fully saturated rings. The number of carbonyl (C=O) groups is 1. The first-order chi connectivity index (χ1) is 10.1. The summed E-state index contributed by atoms with van der Waals surface area (Å²) in [4.78, 5) is 10.9. The minimum Gasteiger partial charge on any atom is -0.478 e. The topological polar surface area (TPSA) is 76.2 Å². The first-order valence-corrected chi connectivity index (χ1v) is 7.26. The number of aromatic carboxylic acids is 1. The lowest BCUT2D eigenvalue weighted by Gasteiger charge is -2.29. The van der Waals surface area contributed by atoms with E-state index in [-0.39, 0.29) is 11.0 Å². The van der Waals surface area contributed by atoms with Crippen molar-refractivity contribution in [3.8, 4) is 11.5 Å². The molecule has 0 radical (unpaired) electrons. The van der Waals surface area contributed by atoms with E-state index in [1.807, 2.05) is 0 Å². The maximum Gasteiger partial charge on any atom is 0.335 e. The van der Waals surface area contributed by atoms with E-state index in [0.29, 0.717) is 11.8 Å². The number of rotatable bonds is 3. The van der Waals surface area contributed by atoms with Gasteiger partial charge in [-0.3, -0.25) is 0 Å². The Labute approximate surface area is 123 Å². The van der Waals surface area contributed by atoms with Gasteiger partial charge in [0.15, 0.2) is 0 Å². The molecule has 0 atom stereocenters. The van der Waals surface area contributed by atoms with Gasteiger partial charge in [0.1, 0.15) is 0 Å². The molecule has 5 heteroatoms. The Morgan fingerprint density at radius 3 is 2.43 bits per heavy atom. The number of nitrogens with zero attached hydrogens (tertiary/aromatic N) is 2. The molecular formula is C16H18N2O3. The maximum atomic E-state index is 10.9. The first kappa shape index (κ1) is 13.8. The van der Waals surface area contributed by atoms with Gasteiger partial charge in [-0.1, -0.05) is 26.2 Å². The monoisotopic (exact) mass is 286 g/mol. The van der Waals surface area contributed by atoms with Gasteiger partial charge in [-0.2, -0.15) is 0 Å². The van der Waals surface area contributed by atoms with Gasteiger partial charge in [-0.15, -0.1) is 10.2 Å². The fourth-order valence-electron chi connectivity index (χ4n) is 2.89. The molecule has 1 heterocycles. The first-order valence-electron chi connectivity index (χ1n) is 7.26. The Morgan fingerprint density at radius 1 is 1.14 bits per heavy atom. The van der Waals surface area contributed by atoms with E-state index in [4.69, 9.17) is 9.52 Å². The predicted octanol–water partition coefficient (Wildman–Crippen LogP) is 3.66. The normalized spacial score (nSPS) is 17.6. The van der Waals surface area contributed by atoms with E-state index in [1.165, 1.54) is 19.3 Å². The second-order valence-corrected chi connectivity index (χ2v) is 5.92. The summed E-state index contributed by atoms with van der Waals surface area (Å²) in [6.07, 6.45) is 5.81. The number of hydrogen-bond donors (Lipinski definition) is 1. The molecule has 0 spiro atoms. The van der Waals surface area contributed by atoms with E-state index in [1.54, 1.807) is 24.3 Å². The highest BCUT2D eigenvalue weighted by molar-refractivity contribution is 5.88. The zero-order valence-electron chi connectivity index (χ0n) is 12.0. The van der Waals surface area contributed by atoms with Crippen molar-refractivity contribution in [2.45, 2.75) is 44.4 Å². The average molecular weight is 286 g/mol. The quantitative estimate of drug-likeness (QED) is 0.931. The number of carboxylic acid groups (broad SMARTS) is 1. The van der Waals surface area contributed by atoms with Crippen molar-refractivity contribution < 1.29 is 14.3 Å². The van der Waals surface area contributed by atoms with Crippen molar-refractivity contribution in [2.75, 3.05) is 0 Å². The van der Waals surface area contributed by atoms with Gasteiger partial charge >= 0.3 is 5.97 Å². The highest BCUT2D eigenvalue weighted by atomic mass is 16.4. The smallest absolute Gasteiger partial charge is 0.335 e. The van der Waals surface area contributed by atoms with Crippen LogP contribution in [0.4, 0.5) is 0 Å². The van der Waals surface area contributed by atoms with Crippen molar-refractivity contribution in [1.82, 2.24) is 10.2 Å². The summed E-state index contributed by atoms with van der Waals surface area (Å²) in [5.74, 6) is 0.204. The van der Waals surface area contributed by atoms with Gasteiger partial charge < -0.3 is 9.52 Å². The Morgan fingerprint density at radius 2 is 1.81 bits per heavy atom. The molecule has 0 saturated heterocycles. The summed E-state index contributed by atoms with van der Waals surface area (Å²) in [5, 5.41) is 17.2. The van der Waals surface area contributed by atoms with Crippen molar-refractivity contribution >= 4 is 5.97 Å². The van der Waals surface area contributed by atoms with E-state index < -0.39 is 5.97 Å². The third-order valence-corrected chi connectivity index (χ3v) is 4.28. The lowest BCUT2D eigenvalue weighted by molar-refractivity contribution is 0.0697. The molecule has 1 aromatic heterocycles. The fourth-order valence-corrected chi connectivity index (χ4v) is 2.89. The number of hydrogen-bond acceptors (Lipinski definition) is 4. The van der Waals surface area contributed by atoms with E-state index >= 15 is 0 Å². The largest absolute Gasteiger partial charge is 0.478 e. The van der Waals surface area contributed by atoms with Crippen LogP contribution in [0, 0.1) is 0 Å². The number of carboxylic acids is 1. The van der Waals surface area contributed by atoms with E-state index in [0.717, 1.165) is 18.4 Å². The standard InChI is InChI=1S/C16H18N2O3/c1-16(9-3-2-4-10-16)15-18-17-13(21-15)11-5-7-12(8-6-11)14(19)20/h5-8H,2-4,9-10H2,1H3,(H,19,20). The molecule has 2 aromatic rings. The predicted molar refractivity (Wildman–Crippen MR) is 77.1 cm³/mol. The van der Waals surface area contributed by atoms with Crippen LogP contribution in [-0.2, 0) is 5.41 Å². The van der Waals surface area contributed by atoms with Crippen LogP contribution in [-0.4, -0.2) is 21.3 Å². The Kier molecular flexibility index (Phi) is 3.49. The third kappa shape index (κ3) is 2.68. The lowest BCUT2D eigenvalue weighted by atomic mass is 9.76.